The summed E-state index contributed by atoms with van der Waals surface area (Å²) < 4.78 is 27.6. The predicted octanol–water partition coefficient (Wildman–Crippen LogP) is 4.30. The van der Waals surface area contributed by atoms with E-state index in [-0.39, 0.29) is 27.5 Å². The van der Waals surface area contributed by atoms with Crippen molar-refractivity contribution in [3.05, 3.63) is 93.5 Å². The van der Waals surface area contributed by atoms with Gasteiger partial charge in [0.1, 0.15) is 0 Å². The fourth-order valence-electron chi connectivity index (χ4n) is 2.48. The standard InChI is InChI=1S/C19H14ClN3O5S/c20-13-8-10-16(11-9-13)29(27,28)22-18-7-2-1-6-17(18)19(24)21-14-4-3-5-15(12-14)23(25)26/h1-12,22H,(H,21,24). The molecule has 10 heteroatoms. The average Bonchev–Trinajstić information content (AvgIpc) is 2.68. The number of non-ortho nitro benzene ring substituents is 1. The number of nitrogens with zero attached hydrogens (tertiary/aromatic N) is 1. The van der Waals surface area contributed by atoms with Gasteiger partial charge in [0.15, 0.2) is 0 Å². The summed E-state index contributed by atoms with van der Waals surface area (Å²) in [5.41, 5.74) is 0.140. The molecular weight excluding hydrogens is 418 g/mol. The third kappa shape index (κ3) is 4.89. The van der Waals surface area contributed by atoms with Crippen LogP contribution >= 0.6 is 11.6 Å². The van der Waals surface area contributed by atoms with Crippen LogP contribution in [0.25, 0.3) is 0 Å². The van der Waals surface area contributed by atoms with Crippen LogP contribution in [0.1, 0.15) is 10.4 Å². The maximum atomic E-state index is 12.6. The predicted molar refractivity (Wildman–Crippen MR) is 110 cm³/mol. The normalized spacial score (nSPS) is 10.9. The third-order valence-corrected chi connectivity index (χ3v) is 5.49. The molecule has 0 bridgehead atoms. The molecule has 3 aromatic rings. The minimum atomic E-state index is -3.95. The number of hydrogen-bond donors (Lipinski definition) is 2. The Balaban J connectivity index is 1.87. The Kier molecular flexibility index (Phi) is 5.81. The molecule has 0 aliphatic heterocycles. The number of nitrogens with one attached hydrogen (secondary N) is 2. The fraction of sp³-hybridized carbons (Fsp3) is 0. The second kappa shape index (κ2) is 8.29. The minimum absolute atomic E-state index is 0.0178. The van der Waals surface area contributed by atoms with Crippen LogP contribution in [0.3, 0.4) is 0 Å². The number of nitro benzene ring substituents is 1. The fourth-order valence-corrected chi connectivity index (χ4v) is 3.69. The molecule has 0 heterocycles. The molecule has 1 amide bonds. The van der Waals surface area contributed by atoms with Gasteiger partial charge in [0, 0.05) is 22.8 Å². The molecule has 0 atom stereocenters. The van der Waals surface area contributed by atoms with Crippen LogP contribution in [0.15, 0.2) is 77.7 Å². The first-order chi connectivity index (χ1) is 13.8. The van der Waals surface area contributed by atoms with E-state index in [1.807, 2.05) is 0 Å². The first-order valence-electron chi connectivity index (χ1n) is 8.19. The van der Waals surface area contributed by atoms with E-state index < -0.39 is 20.9 Å². The van der Waals surface area contributed by atoms with E-state index >= 15 is 0 Å². The van der Waals surface area contributed by atoms with Crippen LogP contribution in [-0.4, -0.2) is 19.2 Å². The van der Waals surface area contributed by atoms with Gasteiger partial charge in [-0.1, -0.05) is 29.8 Å². The van der Waals surface area contributed by atoms with Crippen molar-refractivity contribution in [3.63, 3.8) is 0 Å². The van der Waals surface area contributed by atoms with Crippen LogP contribution in [0.4, 0.5) is 17.1 Å². The zero-order valence-corrected chi connectivity index (χ0v) is 16.3. The molecule has 0 fully saturated rings. The average molecular weight is 432 g/mol. The Hall–Kier alpha value is -3.43. The highest BCUT2D eigenvalue weighted by atomic mass is 35.5. The quantitative estimate of drug-likeness (QED) is 0.445. The number of halogens is 1. The zero-order chi connectivity index (χ0) is 21.0. The topological polar surface area (TPSA) is 118 Å². The highest BCUT2D eigenvalue weighted by Crippen LogP contribution is 2.23. The van der Waals surface area contributed by atoms with E-state index in [1.54, 1.807) is 12.1 Å². The Bertz CT molecular complexity index is 1180. The van der Waals surface area contributed by atoms with Crippen LogP contribution in [0, 0.1) is 10.1 Å². The molecule has 0 aromatic heterocycles. The Morgan fingerprint density at radius 3 is 2.34 bits per heavy atom. The number of carbonyl (C=O) groups excluding carboxylic acids is 1. The number of rotatable bonds is 6. The largest absolute Gasteiger partial charge is 0.322 e. The van der Waals surface area contributed by atoms with E-state index in [0.29, 0.717) is 5.02 Å². The molecule has 0 spiro atoms. The van der Waals surface area contributed by atoms with Crippen LogP contribution in [-0.2, 0) is 10.0 Å². The molecule has 148 valence electrons. The lowest BCUT2D eigenvalue weighted by Crippen LogP contribution is -2.18. The van der Waals surface area contributed by atoms with Crippen molar-refractivity contribution < 1.29 is 18.1 Å². The van der Waals surface area contributed by atoms with Gasteiger partial charge in [-0.25, -0.2) is 8.42 Å². The number of amides is 1. The Labute approximate surface area is 171 Å². The smallest absolute Gasteiger partial charge is 0.271 e. The molecule has 0 radical (unpaired) electrons. The minimum Gasteiger partial charge on any atom is -0.322 e. The maximum absolute atomic E-state index is 12.6. The lowest BCUT2D eigenvalue weighted by molar-refractivity contribution is -0.384. The lowest BCUT2D eigenvalue weighted by Gasteiger charge is -2.13. The highest BCUT2D eigenvalue weighted by molar-refractivity contribution is 7.92. The second-order valence-electron chi connectivity index (χ2n) is 5.87. The van der Waals surface area contributed by atoms with E-state index in [1.165, 1.54) is 60.7 Å². The van der Waals surface area contributed by atoms with E-state index in [0.717, 1.165) is 0 Å². The van der Waals surface area contributed by atoms with Crippen LogP contribution in [0.5, 0.6) is 0 Å². The van der Waals surface area contributed by atoms with Crippen LogP contribution in [0.2, 0.25) is 5.02 Å². The van der Waals surface area contributed by atoms with Crippen molar-refractivity contribution in [2.45, 2.75) is 4.90 Å². The number of nitro groups is 1. The summed E-state index contributed by atoms with van der Waals surface area (Å²) in [5, 5.41) is 13.8. The van der Waals surface area contributed by atoms with Crippen molar-refractivity contribution in [3.8, 4) is 0 Å². The molecule has 0 saturated carbocycles. The molecular formula is C19H14ClN3O5S. The van der Waals surface area contributed by atoms with Gasteiger partial charge in [-0.15, -0.1) is 0 Å². The molecule has 0 saturated heterocycles. The first kappa shape index (κ1) is 20.3. The van der Waals surface area contributed by atoms with Crippen molar-refractivity contribution in [2.24, 2.45) is 0 Å². The van der Waals surface area contributed by atoms with Crippen molar-refractivity contribution in [2.75, 3.05) is 10.0 Å². The second-order valence-corrected chi connectivity index (χ2v) is 7.99. The van der Waals surface area contributed by atoms with Gasteiger partial charge in [-0.05, 0) is 42.5 Å². The summed E-state index contributed by atoms with van der Waals surface area (Å²) >= 11 is 5.79. The van der Waals surface area contributed by atoms with Gasteiger partial charge in [0.25, 0.3) is 21.6 Å². The highest BCUT2D eigenvalue weighted by Gasteiger charge is 2.19. The van der Waals surface area contributed by atoms with Gasteiger partial charge in [0.05, 0.1) is 21.1 Å². The molecule has 0 aliphatic carbocycles. The molecule has 29 heavy (non-hydrogen) atoms. The maximum Gasteiger partial charge on any atom is 0.271 e. The summed E-state index contributed by atoms with van der Waals surface area (Å²) in [6.07, 6.45) is 0. The summed E-state index contributed by atoms with van der Waals surface area (Å²) in [7, 11) is -3.95. The summed E-state index contributed by atoms with van der Waals surface area (Å²) in [6.45, 7) is 0. The molecule has 3 aromatic carbocycles. The van der Waals surface area contributed by atoms with Gasteiger partial charge >= 0.3 is 0 Å². The number of carbonyl (C=O) groups is 1. The SMILES string of the molecule is O=C(Nc1cccc([N+](=O)[O-])c1)c1ccccc1NS(=O)(=O)c1ccc(Cl)cc1. The van der Waals surface area contributed by atoms with Crippen molar-refractivity contribution in [1.29, 1.82) is 0 Å². The monoisotopic (exact) mass is 431 g/mol. The molecule has 8 nitrogen and oxygen atoms in total. The summed E-state index contributed by atoms with van der Waals surface area (Å²) in [6, 6.07) is 17.0. The van der Waals surface area contributed by atoms with Crippen molar-refractivity contribution >= 4 is 44.6 Å². The molecule has 2 N–H and O–H groups in total. The summed E-state index contributed by atoms with van der Waals surface area (Å²) in [4.78, 5) is 22.9. The van der Waals surface area contributed by atoms with Gasteiger partial charge in [-0.3, -0.25) is 19.6 Å². The van der Waals surface area contributed by atoms with E-state index in [2.05, 4.69) is 10.0 Å². The van der Waals surface area contributed by atoms with Gasteiger partial charge in [-0.2, -0.15) is 0 Å². The van der Waals surface area contributed by atoms with Gasteiger partial charge < -0.3 is 5.32 Å². The van der Waals surface area contributed by atoms with Crippen LogP contribution < -0.4 is 10.0 Å². The first-order valence-corrected chi connectivity index (χ1v) is 10.1. The van der Waals surface area contributed by atoms with Crippen molar-refractivity contribution in [1.82, 2.24) is 0 Å². The molecule has 3 rings (SSSR count). The summed E-state index contributed by atoms with van der Waals surface area (Å²) in [5.74, 6) is -0.625. The number of benzene rings is 3. The zero-order valence-electron chi connectivity index (χ0n) is 14.7. The molecule has 0 unspecified atom stereocenters. The number of para-hydroxylation sites is 1. The Morgan fingerprint density at radius 2 is 1.66 bits per heavy atom. The number of anilines is 2. The van der Waals surface area contributed by atoms with E-state index in [9.17, 15) is 23.3 Å². The lowest BCUT2D eigenvalue weighted by atomic mass is 10.1. The number of hydrogen-bond acceptors (Lipinski definition) is 5. The molecule has 0 aliphatic rings. The van der Waals surface area contributed by atoms with Gasteiger partial charge in [0.2, 0.25) is 0 Å². The number of sulfonamides is 1. The third-order valence-electron chi connectivity index (χ3n) is 3.85. The van der Waals surface area contributed by atoms with E-state index in [4.69, 9.17) is 11.6 Å². The Morgan fingerprint density at radius 1 is 0.966 bits per heavy atom.